The van der Waals surface area contributed by atoms with Crippen LogP contribution in [0.5, 0.6) is 0 Å². The van der Waals surface area contributed by atoms with Crippen LogP contribution in [0, 0.1) is 3.70 Å². The first-order chi connectivity index (χ1) is 8.52. The highest BCUT2D eigenvalue weighted by molar-refractivity contribution is 14.1. The van der Waals surface area contributed by atoms with Gasteiger partial charge in [-0.2, -0.15) is 0 Å². The van der Waals surface area contributed by atoms with Gasteiger partial charge in [0.25, 0.3) is 0 Å². The number of ketones is 1. The summed E-state index contributed by atoms with van der Waals surface area (Å²) in [6.07, 6.45) is 1.24. The highest BCUT2D eigenvalue weighted by Crippen LogP contribution is 2.21. The maximum atomic E-state index is 11.6. The van der Waals surface area contributed by atoms with Crippen molar-refractivity contribution in [1.82, 2.24) is 9.97 Å². The van der Waals surface area contributed by atoms with Gasteiger partial charge in [0.2, 0.25) is 5.91 Å². The van der Waals surface area contributed by atoms with Gasteiger partial charge < -0.3 is 4.74 Å². The van der Waals surface area contributed by atoms with Crippen LogP contribution in [0.4, 0.5) is 5.82 Å². The van der Waals surface area contributed by atoms with Crippen molar-refractivity contribution in [1.29, 1.82) is 0 Å². The predicted molar refractivity (Wildman–Crippen MR) is 68.1 cm³/mol. The fourth-order valence-corrected chi connectivity index (χ4v) is 1.95. The Labute approximate surface area is 116 Å². The smallest absolute Gasteiger partial charge is 0.360 e. The van der Waals surface area contributed by atoms with Crippen molar-refractivity contribution < 1.29 is 19.1 Å². The molecule has 0 aromatic carbocycles. The molecule has 1 aromatic rings. The molecule has 2 heterocycles. The van der Waals surface area contributed by atoms with Crippen molar-refractivity contribution in [3.63, 3.8) is 0 Å². The van der Waals surface area contributed by atoms with Crippen LogP contribution in [0.3, 0.4) is 0 Å². The van der Waals surface area contributed by atoms with Gasteiger partial charge in [-0.3, -0.25) is 14.5 Å². The van der Waals surface area contributed by atoms with Crippen LogP contribution < -0.4 is 4.90 Å². The molecule has 1 saturated heterocycles. The number of hydrogen-bond acceptors (Lipinski definition) is 6. The molecule has 94 valence electrons. The van der Waals surface area contributed by atoms with Gasteiger partial charge in [-0.1, -0.05) is 0 Å². The minimum atomic E-state index is -0.692. The lowest BCUT2D eigenvalue weighted by atomic mass is 10.3. The number of carbonyl (C=O) groups excluding carboxylic acids is 3. The Bertz CT molecular complexity index is 546. The molecular formula is C10H8IN3O4. The van der Waals surface area contributed by atoms with Gasteiger partial charge in [-0.15, -0.1) is 0 Å². The van der Waals surface area contributed by atoms with Crippen LogP contribution in [-0.4, -0.2) is 41.3 Å². The highest BCUT2D eigenvalue weighted by Gasteiger charge is 2.33. The summed E-state index contributed by atoms with van der Waals surface area (Å²) in [5, 5.41) is 0. The van der Waals surface area contributed by atoms with Crippen LogP contribution in [0.1, 0.15) is 16.9 Å². The average Bonchev–Trinajstić information content (AvgIpc) is 2.67. The molecule has 1 aliphatic heterocycles. The zero-order chi connectivity index (χ0) is 13.3. The number of methoxy groups -OCH3 is 1. The number of amides is 1. The van der Waals surface area contributed by atoms with E-state index >= 15 is 0 Å². The Morgan fingerprint density at radius 1 is 1.50 bits per heavy atom. The quantitative estimate of drug-likeness (QED) is 0.424. The third-order valence-electron chi connectivity index (χ3n) is 2.34. The second kappa shape index (κ2) is 4.96. The molecule has 0 radical (unpaired) electrons. The van der Waals surface area contributed by atoms with Crippen LogP contribution in [0.25, 0.3) is 0 Å². The number of rotatable bonds is 2. The van der Waals surface area contributed by atoms with Crippen LogP contribution in [0.2, 0.25) is 0 Å². The fraction of sp³-hybridized carbons (Fsp3) is 0.300. The monoisotopic (exact) mass is 361 g/mol. The van der Waals surface area contributed by atoms with Gasteiger partial charge in [-0.05, 0) is 22.6 Å². The van der Waals surface area contributed by atoms with Crippen LogP contribution in [0.15, 0.2) is 6.20 Å². The van der Waals surface area contributed by atoms with Crippen molar-refractivity contribution >= 4 is 46.1 Å². The Morgan fingerprint density at radius 3 is 2.78 bits per heavy atom. The second-order valence-corrected chi connectivity index (χ2v) is 4.66. The van der Waals surface area contributed by atoms with Gasteiger partial charge in [0.15, 0.2) is 17.3 Å². The largest absolute Gasteiger partial charge is 0.464 e. The number of anilines is 1. The first-order valence-corrected chi connectivity index (χ1v) is 6.03. The number of ether oxygens (including phenoxy) is 1. The average molecular weight is 361 g/mol. The van der Waals surface area contributed by atoms with E-state index in [1.807, 2.05) is 22.6 Å². The lowest BCUT2D eigenvalue weighted by molar-refractivity contribution is -0.121. The summed E-state index contributed by atoms with van der Waals surface area (Å²) in [4.78, 5) is 43.6. The van der Waals surface area contributed by atoms with E-state index in [9.17, 15) is 14.4 Å². The summed E-state index contributed by atoms with van der Waals surface area (Å²) in [5.41, 5.74) is -0.0625. The van der Waals surface area contributed by atoms with Crippen molar-refractivity contribution in [2.24, 2.45) is 0 Å². The number of esters is 1. The van der Waals surface area contributed by atoms with E-state index in [0.717, 1.165) is 4.90 Å². The Balaban J connectivity index is 2.47. The van der Waals surface area contributed by atoms with E-state index in [4.69, 9.17) is 0 Å². The summed E-state index contributed by atoms with van der Waals surface area (Å²) in [6.45, 7) is -0.0852. The van der Waals surface area contributed by atoms with Crippen molar-refractivity contribution in [3.8, 4) is 0 Å². The molecule has 0 saturated carbocycles. The van der Waals surface area contributed by atoms with Crippen molar-refractivity contribution in [3.05, 3.63) is 15.6 Å². The molecule has 1 amide bonds. The van der Waals surface area contributed by atoms with E-state index in [-0.39, 0.29) is 36.2 Å². The van der Waals surface area contributed by atoms with E-state index < -0.39 is 5.97 Å². The van der Waals surface area contributed by atoms with Crippen molar-refractivity contribution in [2.75, 3.05) is 18.6 Å². The zero-order valence-electron chi connectivity index (χ0n) is 9.34. The lowest BCUT2D eigenvalue weighted by Gasteiger charge is -2.15. The topological polar surface area (TPSA) is 89.5 Å². The van der Waals surface area contributed by atoms with Gasteiger partial charge in [0.05, 0.1) is 26.3 Å². The maximum Gasteiger partial charge on any atom is 0.360 e. The second-order valence-electron chi connectivity index (χ2n) is 3.55. The molecule has 0 N–H and O–H groups in total. The first-order valence-electron chi connectivity index (χ1n) is 4.96. The number of nitrogens with zero attached hydrogens (tertiary/aromatic N) is 3. The summed E-state index contributed by atoms with van der Waals surface area (Å²) in [7, 11) is 1.21. The molecule has 1 aromatic heterocycles. The Hall–Kier alpha value is -1.58. The molecule has 1 aliphatic rings. The molecule has 0 atom stereocenters. The van der Waals surface area contributed by atoms with Gasteiger partial charge in [-0.25, -0.2) is 14.8 Å². The first kappa shape index (κ1) is 12.9. The number of hydrogen-bond donors (Lipinski definition) is 0. The molecule has 0 unspecified atom stereocenters. The summed E-state index contributed by atoms with van der Waals surface area (Å²) in [6, 6.07) is 0. The molecule has 2 rings (SSSR count). The summed E-state index contributed by atoms with van der Waals surface area (Å²) < 4.78 is 5.08. The highest BCUT2D eigenvalue weighted by atomic mass is 127. The summed E-state index contributed by atoms with van der Waals surface area (Å²) >= 11 is 1.89. The molecule has 0 aliphatic carbocycles. The molecule has 8 heteroatoms. The van der Waals surface area contributed by atoms with Gasteiger partial charge >= 0.3 is 5.97 Å². The van der Waals surface area contributed by atoms with E-state index in [2.05, 4.69) is 14.7 Å². The molecule has 18 heavy (non-hydrogen) atoms. The van der Waals surface area contributed by atoms with Crippen LogP contribution >= 0.6 is 22.6 Å². The third-order valence-corrected chi connectivity index (χ3v) is 2.86. The van der Waals surface area contributed by atoms with Crippen LogP contribution in [-0.2, 0) is 14.3 Å². The Kier molecular flexibility index (Phi) is 3.55. The standard InChI is InChI=1S/C10H8IN3O4/c1-18-10(17)8-9(12-3-6(11)13-8)14-4-5(15)2-7(14)16/h3H,2,4H2,1H3. The van der Waals surface area contributed by atoms with Gasteiger partial charge in [0, 0.05) is 0 Å². The predicted octanol–water partition coefficient (Wildman–Crippen LogP) is 0.174. The number of aromatic nitrogens is 2. The third kappa shape index (κ3) is 2.33. The SMILES string of the molecule is COC(=O)c1nc(I)cnc1N1CC(=O)CC1=O. The summed E-state index contributed by atoms with van der Waals surface area (Å²) in [5.74, 6) is -1.22. The normalized spacial score (nSPS) is 15.1. The molecule has 7 nitrogen and oxygen atoms in total. The number of carbonyl (C=O) groups is 3. The van der Waals surface area contributed by atoms with Crippen molar-refractivity contribution in [2.45, 2.75) is 6.42 Å². The number of halogens is 1. The zero-order valence-corrected chi connectivity index (χ0v) is 11.5. The molecule has 1 fully saturated rings. The minimum Gasteiger partial charge on any atom is -0.464 e. The lowest BCUT2D eigenvalue weighted by Crippen LogP contribution is -2.28. The minimum absolute atomic E-state index is 0.0625. The fourth-order valence-electron chi connectivity index (χ4n) is 1.57. The maximum absolute atomic E-state index is 11.6. The molecule has 0 spiro atoms. The van der Waals surface area contributed by atoms with Gasteiger partial charge in [0.1, 0.15) is 3.70 Å². The molecular weight excluding hydrogens is 353 g/mol. The van der Waals surface area contributed by atoms with E-state index in [0.29, 0.717) is 3.70 Å². The molecule has 0 bridgehead atoms. The Morgan fingerprint density at radius 2 is 2.22 bits per heavy atom. The van der Waals surface area contributed by atoms with E-state index in [1.165, 1.54) is 13.3 Å². The van der Waals surface area contributed by atoms with E-state index in [1.54, 1.807) is 0 Å². The number of Topliss-reactive ketones (excluding diaryl/α,β-unsaturated/α-hetero) is 1.